The second kappa shape index (κ2) is 8.02. The van der Waals surface area contributed by atoms with Gasteiger partial charge in [-0.15, -0.1) is 0 Å². The summed E-state index contributed by atoms with van der Waals surface area (Å²) in [5.41, 5.74) is 7.14. The number of amides is 2. The van der Waals surface area contributed by atoms with E-state index < -0.39 is 0 Å². The molecular formula is C25H30N2O2. The monoisotopic (exact) mass is 390 g/mol. The first kappa shape index (κ1) is 19.7. The van der Waals surface area contributed by atoms with Gasteiger partial charge < -0.3 is 9.80 Å². The van der Waals surface area contributed by atoms with E-state index in [0.717, 1.165) is 43.7 Å². The van der Waals surface area contributed by atoms with Gasteiger partial charge in [0.05, 0.1) is 0 Å². The first-order valence-electron chi connectivity index (χ1n) is 10.7. The SMILES string of the molecule is Cc1ccc2c(c1)CCN2C(=O)CCC(C)CC(=O)N1CCc2cc(C)ccc21. The molecule has 0 aromatic heterocycles. The Hall–Kier alpha value is -2.62. The second-order valence-corrected chi connectivity index (χ2v) is 8.70. The molecule has 0 bridgehead atoms. The van der Waals surface area contributed by atoms with E-state index in [1.54, 1.807) is 0 Å². The van der Waals surface area contributed by atoms with Crippen LogP contribution in [-0.2, 0) is 22.4 Å². The maximum atomic E-state index is 12.8. The van der Waals surface area contributed by atoms with Gasteiger partial charge in [-0.25, -0.2) is 0 Å². The van der Waals surface area contributed by atoms with Gasteiger partial charge in [0, 0.05) is 37.3 Å². The molecule has 0 radical (unpaired) electrons. The number of carbonyl (C=O) groups is 2. The van der Waals surface area contributed by atoms with E-state index in [1.807, 2.05) is 9.80 Å². The lowest BCUT2D eigenvalue weighted by molar-refractivity contribution is -0.121. The van der Waals surface area contributed by atoms with Crippen molar-refractivity contribution in [3.8, 4) is 0 Å². The van der Waals surface area contributed by atoms with E-state index in [4.69, 9.17) is 0 Å². The van der Waals surface area contributed by atoms with Gasteiger partial charge in [0.2, 0.25) is 11.8 Å². The molecule has 2 aromatic carbocycles. The summed E-state index contributed by atoms with van der Waals surface area (Å²) in [5, 5.41) is 0. The molecule has 4 rings (SSSR count). The molecule has 2 heterocycles. The van der Waals surface area contributed by atoms with Gasteiger partial charge >= 0.3 is 0 Å². The summed E-state index contributed by atoms with van der Waals surface area (Å²) in [6, 6.07) is 12.6. The lowest BCUT2D eigenvalue weighted by Crippen LogP contribution is -2.31. The van der Waals surface area contributed by atoms with Crippen LogP contribution in [0.1, 0.15) is 48.4 Å². The predicted molar refractivity (Wildman–Crippen MR) is 117 cm³/mol. The Morgan fingerprint density at radius 1 is 0.862 bits per heavy atom. The summed E-state index contributed by atoms with van der Waals surface area (Å²) in [6.45, 7) is 7.80. The van der Waals surface area contributed by atoms with Crippen molar-refractivity contribution in [1.82, 2.24) is 0 Å². The second-order valence-electron chi connectivity index (χ2n) is 8.70. The molecule has 0 fully saturated rings. The lowest BCUT2D eigenvalue weighted by Gasteiger charge is -2.21. The smallest absolute Gasteiger partial charge is 0.227 e. The standard InChI is InChI=1S/C25H30N2O2/c1-17-4-7-22-20(14-17)10-12-26(22)24(28)9-6-19(3)16-25(29)27-13-11-21-15-18(2)5-8-23(21)27/h4-5,7-8,14-15,19H,6,9-13,16H2,1-3H3. The summed E-state index contributed by atoms with van der Waals surface area (Å²) in [6.07, 6.45) is 3.61. The quantitative estimate of drug-likeness (QED) is 0.749. The molecule has 0 N–H and O–H groups in total. The Labute approximate surface area is 173 Å². The number of nitrogens with zero attached hydrogens (tertiary/aromatic N) is 2. The van der Waals surface area contributed by atoms with E-state index in [1.165, 1.54) is 22.3 Å². The van der Waals surface area contributed by atoms with Crippen LogP contribution in [0.3, 0.4) is 0 Å². The van der Waals surface area contributed by atoms with Crippen molar-refractivity contribution in [2.24, 2.45) is 5.92 Å². The Morgan fingerprint density at radius 3 is 1.93 bits per heavy atom. The average Bonchev–Trinajstić information content (AvgIpc) is 3.29. The number of hydrogen-bond donors (Lipinski definition) is 0. The summed E-state index contributed by atoms with van der Waals surface area (Å²) < 4.78 is 0. The average molecular weight is 391 g/mol. The predicted octanol–water partition coefficient (Wildman–Crippen LogP) is 4.59. The third-order valence-corrected chi connectivity index (χ3v) is 6.24. The van der Waals surface area contributed by atoms with Gasteiger partial charge in [-0.1, -0.05) is 42.3 Å². The van der Waals surface area contributed by atoms with Crippen molar-refractivity contribution < 1.29 is 9.59 Å². The van der Waals surface area contributed by atoms with E-state index >= 15 is 0 Å². The Kier molecular flexibility index (Phi) is 5.44. The van der Waals surface area contributed by atoms with E-state index in [2.05, 4.69) is 57.2 Å². The molecule has 29 heavy (non-hydrogen) atoms. The highest BCUT2D eigenvalue weighted by Gasteiger charge is 2.27. The number of rotatable bonds is 5. The maximum absolute atomic E-state index is 12.8. The molecule has 2 aromatic rings. The fourth-order valence-electron chi connectivity index (χ4n) is 4.59. The van der Waals surface area contributed by atoms with Crippen LogP contribution in [0.15, 0.2) is 36.4 Å². The minimum atomic E-state index is 0.175. The zero-order chi connectivity index (χ0) is 20.5. The van der Waals surface area contributed by atoms with Crippen LogP contribution in [0.4, 0.5) is 11.4 Å². The number of carbonyl (C=O) groups excluding carboxylic acids is 2. The van der Waals surface area contributed by atoms with Gasteiger partial charge in [0.15, 0.2) is 0 Å². The van der Waals surface area contributed by atoms with Crippen LogP contribution in [0, 0.1) is 19.8 Å². The number of aryl methyl sites for hydroxylation is 2. The third-order valence-electron chi connectivity index (χ3n) is 6.24. The molecule has 0 spiro atoms. The van der Waals surface area contributed by atoms with Crippen molar-refractivity contribution in [3.05, 3.63) is 58.7 Å². The van der Waals surface area contributed by atoms with E-state index in [9.17, 15) is 9.59 Å². The molecule has 1 atom stereocenters. The molecule has 0 saturated carbocycles. The molecule has 1 unspecified atom stereocenters. The number of hydrogen-bond acceptors (Lipinski definition) is 2. The molecule has 2 amide bonds. The molecule has 0 saturated heterocycles. The number of anilines is 2. The first-order valence-corrected chi connectivity index (χ1v) is 10.7. The first-order chi connectivity index (χ1) is 13.9. The molecule has 0 aliphatic carbocycles. The Morgan fingerprint density at radius 2 is 1.38 bits per heavy atom. The Bertz CT molecular complexity index is 950. The van der Waals surface area contributed by atoms with Crippen LogP contribution in [0.2, 0.25) is 0 Å². The van der Waals surface area contributed by atoms with Gasteiger partial charge in [-0.2, -0.15) is 0 Å². The van der Waals surface area contributed by atoms with Gasteiger partial charge in [-0.3, -0.25) is 9.59 Å². The van der Waals surface area contributed by atoms with Gasteiger partial charge in [-0.05, 0) is 62.3 Å². The summed E-state index contributed by atoms with van der Waals surface area (Å²) in [7, 11) is 0. The van der Waals surface area contributed by atoms with E-state index in [-0.39, 0.29) is 17.7 Å². The highest BCUT2D eigenvalue weighted by atomic mass is 16.2. The summed E-state index contributed by atoms with van der Waals surface area (Å²) in [5.74, 6) is 0.546. The van der Waals surface area contributed by atoms with Crippen LogP contribution in [0.5, 0.6) is 0 Å². The van der Waals surface area contributed by atoms with Crippen LogP contribution < -0.4 is 9.80 Å². The minimum Gasteiger partial charge on any atom is -0.312 e. The van der Waals surface area contributed by atoms with Crippen molar-refractivity contribution in [2.75, 3.05) is 22.9 Å². The van der Waals surface area contributed by atoms with Crippen molar-refractivity contribution in [2.45, 2.75) is 52.9 Å². The largest absolute Gasteiger partial charge is 0.312 e. The minimum absolute atomic E-state index is 0.175. The summed E-state index contributed by atoms with van der Waals surface area (Å²) >= 11 is 0. The Balaban J connectivity index is 1.31. The molecular weight excluding hydrogens is 360 g/mol. The normalized spacial score (nSPS) is 16.0. The topological polar surface area (TPSA) is 40.6 Å². The lowest BCUT2D eigenvalue weighted by atomic mass is 10.00. The zero-order valence-electron chi connectivity index (χ0n) is 17.7. The van der Waals surface area contributed by atoms with Gasteiger partial charge in [0.1, 0.15) is 0 Å². The third kappa shape index (κ3) is 4.07. The fraction of sp³-hybridized carbons (Fsp3) is 0.440. The maximum Gasteiger partial charge on any atom is 0.227 e. The molecule has 152 valence electrons. The van der Waals surface area contributed by atoms with E-state index in [0.29, 0.717) is 12.8 Å². The van der Waals surface area contributed by atoms with Crippen molar-refractivity contribution >= 4 is 23.2 Å². The molecule has 2 aliphatic rings. The highest BCUT2D eigenvalue weighted by Crippen LogP contribution is 2.31. The number of fused-ring (bicyclic) bond motifs is 2. The van der Waals surface area contributed by atoms with Crippen LogP contribution >= 0.6 is 0 Å². The molecule has 4 nitrogen and oxygen atoms in total. The molecule has 2 aliphatic heterocycles. The highest BCUT2D eigenvalue weighted by molar-refractivity contribution is 5.96. The molecule has 4 heteroatoms. The zero-order valence-corrected chi connectivity index (χ0v) is 17.7. The van der Waals surface area contributed by atoms with Gasteiger partial charge in [0.25, 0.3) is 0 Å². The van der Waals surface area contributed by atoms with Crippen LogP contribution in [-0.4, -0.2) is 24.9 Å². The van der Waals surface area contributed by atoms with Crippen LogP contribution in [0.25, 0.3) is 0 Å². The number of benzene rings is 2. The van der Waals surface area contributed by atoms with Crippen molar-refractivity contribution in [1.29, 1.82) is 0 Å². The summed E-state index contributed by atoms with van der Waals surface area (Å²) in [4.78, 5) is 29.4. The van der Waals surface area contributed by atoms with Crippen molar-refractivity contribution in [3.63, 3.8) is 0 Å². The fourth-order valence-corrected chi connectivity index (χ4v) is 4.59.